The average molecular weight is 250 g/mol. The standard InChI is InChI=1S/C14H19FN2O/c1-3-17(12-8-5-4-7-11(12)15)13(18)14(2)9-6-10-16-14/h4-5,7-8,16H,3,6,9-10H2,1-2H3. The van der Waals surface area contributed by atoms with Crippen LogP contribution in [-0.4, -0.2) is 24.5 Å². The topological polar surface area (TPSA) is 32.3 Å². The minimum Gasteiger partial charge on any atom is -0.308 e. The maximum atomic E-state index is 13.8. The molecule has 3 nitrogen and oxygen atoms in total. The van der Waals surface area contributed by atoms with Gasteiger partial charge in [0.1, 0.15) is 5.82 Å². The van der Waals surface area contributed by atoms with Crippen LogP contribution in [0.15, 0.2) is 24.3 Å². The lowest BCUT2D eigenvalue weighted by atomic mass is 9.98. The lowest BCUT2D eigenvalue weighted by molar-refractivity contribution is -0.123. The van der Waals surface area contributed by atoms with Gasteiger partial charge in [0.25, 0.3) is 0 Å². The molecule has 0 bridgehead atoms. The monoisotopic (exact) mass is 250 g/mol. The zero-order valence-electron chi connectivity index (χ0n) is 10.9. The normalized spacial score (nSPS) is 23.1. The van der Waals surface area contributed by atoms with E-state index in [0.29, 0.717) is 12.2 Å². The Labute approximate surface area is 107 Å². The molecule has 1 aromatic rings. The van der Waals surface area contributed by atoms with Crippen molar-refractivity contribution in [2.45, 2.75) is 32.2 Å². The maximum Gasteiger partial charge on any atom is 0.247 e. The number of rotatable bonds is 3. The second kappa shape index (κ2) is 5.06. The lowest BCUT2D eigenvalue weighted by Gasteiger charge is -2.31. The molecular weight excluding hydrogens is 231 g/mol. The van der Waals surface area contributed by atoms with E-state index in [-0.39, 0.29) is 11.7 Å². The van der Waals surface area contributed by atoms with Gasteiger partial charge in [-0.15, -0.1) is 0 Å². The van der Waals surface area contributed by atoms with Crippen LogP contribution in [0.25, 0.3) is 0 Å². The summed E-state index contributed by atoms with van der Waals surface area (Å²) in [6.45, 7) is 5.07. The molecule has 1 fully saturated rings. The molecule has 1 unspecified atom stereocenters. The van der Waals surface area contributed by atoms with E-state index in [1.807, 2.05) is 13.8 Å². The molecular formula is C14H19FN2O. The number of hydrogen-bond donors (Lipinski definition) is 1. The van der Waals surface area contributed by atoms with Gasteiger partial charge in [-0.3, -0.25) is 4.79 Å². The molecule has 18 heavy (non-hydrogen) atoms. The molecule has 0 radical (unpaired) electrons. The van der Waals surface area contributed by atoms with Crippen LogP contribution < -0.4 is 10.2 Å². The van der Waals surface area contributed by atoms with Gasteiger partial charge in [-0.25, -0.2) is 4.39 Å². The fraction of sp³-hybridized carbons (Fsp3) is 0.500. The molecule has 1 aliphatic heterocycles. The first-order chi connectivity index (χ1) is 8.58. The number of para-hydroxylation sites is 1. The van der Waals surface area contributed by atoms with E-state index in [4.69, 9.17) is 0 Å². The van der Waals surface area contributed by atoms with Crippen LogP contribution in [-0.2, 0) is 4.79 Å². The molecule has 4 heteroatoms. The van der Waals surface area contributed by atoms with E-state index < -0.39 is 5.54 Å². The first-order valence-electron chi connectivity index (χ1n) is 6.40. The van der Waals surface area contributed by atoms with E-state index in [0.717, 1.165) is 19.4 Å². The largest absolute Gasteiger partial charge is 0.308 e. The Hall–Kier alpha value is -1.42. The Morgan fingerprint density at radius 2 is 2.22 bits per heavy atom. The van der Waals surface area contributed by atoms with Crippen molar-refractivity contribution >= 4 is 11.6 Å². The molecule has 1 heterocycles. The Bertz CT molecular complexity index is 441. The van der Waals surface area contributed by atoms with E-state index in [1.165, 1.54) is 11.0 Å². The summed E-state index contributed by atoms with van der Waals surface area (Å²) in [5, 5.41) is 3.22. The number of anilines is 1. The SMILES string of the molecule is CCN(C(=O)C1(C)CCCN1)c1ccccc1F. The van der Waals surface area contributed by atoms with Crippen molar-refractivity contribution in [1.82, 2.24) is 5.32 Å². The van der Waals surface area contributed by atoms with Gasteiger partial charge in [-0.2, -0.15) is 0 Å². The molecule has 1 N–H and O–H groups in total. The van der Waals surface area contributed by atoms with Crippen molar-refractivity contribution in [3.8, 4) is 0 Å². The molecule has 1 atom stereocenters. The number of carbonyl (C=O) groups excluding carboxylic acids is 1. The number of halogens is 1. The highest BCUT2D eigenvalue weighted by Crippen LogP contribution is 2.26. The first-order valence-corrected chi connectivity index (χ1v) is 6.40. The minimum atomic E-state index is -0.557. The van der Waals surface area contributed by atoms with Crippen molar-refractivity contribution < 1.29 is 9.18 Å². The van der Waals surface area contributed by atoms with Crippen molar-refractivity contribution in [2.24, 2.45) is 0 Å². The summed E-state index contributed by atoms with van der Waals surface area (Å²) in [6, 6.07) is 6.41. The number of nitrogens with zero attached hydrogens (tertiary/aromatic N) is 1. The predicted octanol–water partition coefficient (Wildman–Crippen LogP) is 2.32. The highest BCUT2D eigenvalue weighted by Gasteiger charge is 2.39. The van der Waals surface area contributed by atoms with Crippen LogP contribution in [0.4, 0.5) is 10.1 Å². The molecule has 0 spiro atoms. The second-order valence-electron chi connectivity index (χ2n) is 4.86. The fourth-order valence-electron chi connectivity index (χ4n) is 2.47. The summed E-state index contributed by atoms with van der Waals surface area (Å²) in [5.41, 5.74) is -0.196. The molecule has 0 saturated carbocycles. The summed E-state index contributed by atoms with van der Waals surface area (Å²) in [5.74, 6) is -0.401. The second-order valence-corrected chi connectivity index (χ2v) is 4.86. The fourth-order valence-corrected chi connectivity index (χ4v) is 2.47. The lowest BCUT2D eigenvalue weighted by Crippen LogP contribution is -2.53. The molecule has 1 amide bonds. The summed E-state index contributed by atoms with van der Waals surface area (Å²) >= 11 is 0. The number of nitrogens with one attached hydrogen (secondary N) is 1. The Morgan fingerprint density at radius 3 is 2.78 bits per heavy atom. The molecule has 1 aromatic carbocycles. The van der Waals surface area contributed by atoms with Crippen molar-refractivity contribution in [3.63, 3.8) is 0 Å². The van der Waals surface area contributed by atoms with Crippen LogP contribution in [0.5, 0.6) is 0 Å². The van der Waals surface area contributed by atoms with Crippen LogP contribution in [0.2, 0.25) is 0 Å². The third kappa shape index (κ3) is 2.25. The summed E-state index contributed by atoms with van der Waals surface area (Å²) in [4.78, 5) is 14.1. The highest BCUT2D eigenvalue weighted by molar-refractivity contribution is 6.00. The molecule has 0 aliphatic carbocycles. The number of likely N-dealkylation sites (N-methyl/N-ethyl adjacent to an activating group) is 1. The first kappa shape index (κ1) is 13.0. The van der Waals surface area contributed by atoms with Gasteiger partial charge in [0.2, 0.25) is 5.91 Å². The molecule has 1 saturated heterocycles. The van der Waals surface area contributed by atoms with Crippen LogP contribution in [0.1, 0.15) is 26.7 Å². The van der Waals surface area contributed by atoms with Gasteiger partial charge >= 0.3 is 0 Å². The number of hydrogen-bond acceptors (Lipinski definition) is 2. The Morgan fingerprint density at radius 1 is 1.50 bits per heavy atom. The average Bonchev–Trinajstić information content (AvgIpc) is 2.81. The van der Waals surface area contributed by atoms with Crippen molar-refractivity contribution in [2.75, 3.05) is 18.0 Å². The molecule has 0 aromatic heterocycles. The zero-order valence-corrected chi connectivity index (χ0v) is 10.9. The third-order valence-electron chi connectivity index (χ3n) is 3.55. The highest BCUT2D eigenvalue weighted by atomic mass is 19.1. The van der Waals surface area contributed by atoms with Gasteiger partial charge in [0, 0.05) is 6.54 Å². The number of benzene rings is 1. The van der Waals surface area contributed by atoms with Gasteiger partial charge in [-0.1, -0.05) is 12.1 Å². The quantitative estimate of drug-likeness (QED) is 0.893. The summed E-state index contributed by atoms with van der Waals surface area (Å²) in [6.07, 6.45) is 1.79. The Kier molecular flexibility index (Phi) is 3.66. The maximum absolute atomic E-state index is 13.8. The zero-order chi connectivity index (χ0) is 13.2. The van der Waals surface area contributed by atoms with Gasteiger partial charge in [-0.05, 0) is 45.4 Å². The molecule has 2 rings (SSSR count). The summed E-state index contributed by atoms with van der Waals surface area (Å²) in [7, 11) is 0. The Balaban J connectivity index is 2.29. The van der Waals surface area contributed by atoms with E-state index in [9.17, 15) is 9.18 Å². The van der Waals surface area contributed by atoms with E-state index in [1.54, 1.807) is 18.2 Å². The third-order valence-corrected chi connectivity index (χ3v) is 3.55. The van der Waals surface area contributed by atoms with E-state index in [2.05, 4.69) is 5.32 Å². The van der Waals surface area contributed by atoms with Crippen LogP contribution in [0, 0.1) is 5.82 Å². The molecule has 98 valence electrons. The predicted molar refractivity (Wildman–Crippen MR) is 70.1 cm³/mol. The van der Waals surface area contributed by atoms with Crippen LogP contribution in [0.3, 0.4) is 0 Å². The van der Waals surface area contributed by atoms with Gasteiger partial charge < -0.3 is 10.2 Å². The van der Waals surface area contributed by atoms with E-state index >= 15 is 0 Å². The smallest absolute Gasteiger partial charge is 0.247 e. The van der Waals surface area contributed by atoms with Crippen molar-refractivity contribution in [3.05, 3.63) is 30.1 Å². The van der Waals surface area contributed by atoms with Gasteiger partial charge in [0.15, 0.2) is 0 Å². The number of carbonyl (C=O) groups is 1. The number of amides is 1. The minimum absolute atomic E-state index is 0.0485. The molecule has 1 aliphatic rings. The summed E-state index contributed by atoms with van der Waals surface area (Å²) < 4.78 is 13.8. The van der Waals surface area contributed by atoms with Crippen molar-refractivity contribution in [1.29, 1.82) is 0 Å². The van der Waals surface area contributed by atoms with Crippen LogP contribution >= 0.6 is 0 Å². The van der Waals surface area contributed by atoms with Gasteiger partial charge in [0.05, 0.1) is 11.2 Å².